The van der Waals surface area contributed by atoms with Gasteiger partial charge in [-0.05, 0) is 28.8 Å². The van der Waals surface area contributed by atoms with Crippen LogP contribution in [0.15, 0.2) is 65.9 Å². The van der Waals surface area contributed by atoms with Crippen molar-refractivity contribution in [2.24, 2.45) is 0 Å². The molecule has 0 saturated carbocycles. The predicted octanol–water partition coefficient (Wildman–Crippen LogP) is 3.18. The smallest absolute Gasteiger partial charge is 0.355 e. The summed E-state index contributed by atoms with van der Waals surface area (Å²) in [6.07, 6.45) is 0. The number of carbonyl (C=O) groups is 3. The lowest BCUT2D eigenvalue weighted by atomic mass is 9.79. The summed E-state index contributed by atoms with van der Waals surface area (Å²) in [5.74, 6) is -0.104. The maximum atomic E-state index is 13.6. The van der Waals surface area contributed by atoms with Gasteiger partial charge in [0.05, 0.1) is 7.11 Å². The fourth-order valence-corrected chi connectivity index (χ4v) is 5.91. The number of hydrogen-bond donors (Lipinski definition) is 1. The van der Waals surface area contributed by atoms with Crippen LogP contribution in [0.25, 0.3) is 0 Å². The van der Waals surface area contributed by atoms with Crippen LogP contribution in [-0.4, -0.2) is 46.8 Å². The third-order valence-corrected chi connectivity index (χ3v) is 7.36. The second kappa shape index (κ2) is 9.49. The Morgan fingerprint density at radius 2 is 1.88 bits per heavy atom. The molecule has 1 saturated heterocycles. The number of benzene rings is 2. The average Bonchev–Trinajstić information content (AvgIpc) is 2.85. The number of methoxy groups -OCH3 is 1. The minimum Gasteiger partial charge on any atom is -0.497 e. The van der Waals surface area contributed by atoms with E-state index >= 15 is 0 Å². The molecule has 2 atom stereocenters. The van der Waals surface area contributed by atoms with Crippen molar-refractivity contribution in [3.05, 3.63) is 77.0 Å². The monoisotopic (exact) mass is 486 g/mol. The molecule has 33 heavy (non-hydrogen) atoms. The first-order valence-electron chi connectivity index (χ1n) is 10.3. The molecule has 9 heteroatoms. The zero-order valence-corrected chi connectivity index (χ0v) is 19.7. The number of nitrogens with one attached hydrogen (secondary N) is 1. The molecule has 2 aromatic rings. The zero-order chi connectivity index (χ0) is 23.6. The maximum Gasteiger partial charge on any atom is 0.355 e. The van der Waals surface area contributed by atoms with Crippen molar-refractivity contribution in [3.63, 3.8) is 0 Å². The molecule has 2 amide bonds. The van der Waals surface area contributed by atoms with E-state index in [4.69, 9.17) is 21.1 Å². The Kier molecular flexibility index (Phi) is 6.67. The van der Waals surface area contributed by atoms with Gasteiger partial charge in [0.1, 0.15) is 23.4 Å². The molecule has 4 rings (SSSR count). The van der Waals surface area contributed by atoms with E-state index in [1.165, 1.54) is 23.6 Å². The first kappa shape index (κ1) is 23.2. The molecule has 0 aromatic heterocycles. The summed E-state index contributed by atoms with van der Waals surface area (Å²) < 4.78 is 10.7. The third-order valence-electron chi connectivity index (χ3n) is 5.64. The highest BCUT2D eigenvalue weighted by Gasteiger charge is 2.66. The summed E-state index contributed by atoms with van der Waals surface area (Å²) >= 11 is 7.59. The topological polar surface area (TPSA) is 84.9 Å². The fraction of sp³-hybridized carbons (Fsp3) is 0.292. The molecule has 1 N–H and O–H groups in total. The number of halogens is 1. The van der Waals surface area contributed by atoms with E-state index in [9.17, 15) is 14.4 Å². The number of β-lactam (4-membered cyclic amide) rings is 1. The van der Waals surface area contributed by atoms with E-state index in [0.29, 0.717) is 22.6 Å². The predicted molar refractivity (Wildman–Crippen MR) is 126 cm³/mol. The van der Waals surface area contributed by atoms with Crippen molar-refractivity contribution in [3.8, 4) is 5.75 Å². The van der Waals surface area contributed by atoms with Crippen LogP contribution in [0, 0.1) is 0 Å². The van der Waals surface area contributed by atoms with Crippen LogP contribution in [0.1, 0.15) is 18.1 Å². The molecular formula is C24H23ClN2O5S. The second-order valence-electron chi connectivity index (χ2n) is 7.70. The van der Waals surface area contributed by atoms with Crippen LogP contribution in [0.2, 0.25) is 0 Å². The Hall–Kier alpha value is -2.97. The first-order chi connectivity index (χ1) is 15.9. The van der Waals surface area contributed by atoms with Gasteiger partial charge in [-0.2, -0.15) is 0 Å². The molecule has 2 aliphatic heterocycles. The zero-order valence-electron chi connectivity index (χ0n) is 18.2. The molecule has 0 radical (unpaired) electrons. The molecular weight excluding hydrogens is 464 g/mol. The Morgan fingerprint density at radius 3 is 2.48 bits per heavy atom. The average molecular weight is 487 g/mol. The van der Waals surface area contributed by atoms with E-state index in [0.717, 1.165) is 5.56 Å². The lowest BCUT2D eigenvalue weighted by Gasteiger charge is -2.57. The van der Waals surface area contributed by atoms with Gasteiger partial charge in [0.15, 0.2) is 5.54 Å². The molecule has 2 heterocycles. The molecule has 172 valence electrons. The van der Waals surface area contributed by atoms with Crippen molar-refractivity contribution >= 4 is 41.1 Å². The lowest BCUT2D eigenvalue weighted by molar-refractivity contribution is -0.161. The van der Waals surface area contributed by atoms with Crippen molar-refractivity contribution in [1.29, 1.82) is 0 Å². The van der Waals surface area contributed by atoms with Crippen LogP contribution in [0.5, 0.6) is 5.75 Å². The third kappa shape index (κ3) is 4.09. The van der Waals surface area contributed by atoms with E-state index in [-0.39, 0.29) is 30.0 Å². The van der Waals surface area contributed by atoms with Gasteiger partial charge in [-0.25, -0.2) is 4.79 Å². The van der Waals surface area contributed by atoms with Crippen LogP contribution in [0.4, 0.5) is 0 Å². The van der Waals surface area contributed by atoms with Gasteiger partial charge in [0.25, 0.3) is 5.91 Å². The van der Waals surface area contributed by atoms with Crippen molar-refractivity contribution < 1.29 is 23.9 Å². The minimum atomic E-state index is -1.25. The number of thioether (sulfide) groups is 1. The van der Waals surface area contributed by atoms with Crippen LogP contribution < -0.4 is 10.1 Å². The number of esters is 1. The quantitative estimate of drug-likeness (QED) is 0.367. The summed E-state index contributed by atoms with van der Waals surface area (Å²) in [6.45, 7) is 1.41. The standard InChI is InChI=1S/C24H23ClN2O5S/c1-15(28)26-24(18-6-4-3-5-7-18)22(30)27-20(17(12-25)14-33-23(24)27)21(29)32-13-16-8-10-19(31-2)11-9-16/h3-11,23H,12-14H2,1-2H3,(H,26,28)/t23-,24?/m0/s1. The van der Waals surface area contributed by atoms with E-state index in [2.05, 4.69) is 5.32 Å². The number of nitrogens with zero attached hydrogens (tertiary/aromatic N) is 1. The van der Waals surface area contributed by atoms with Crippen LogP contribution in [0.3, 0.4) is 0 Å². The van der Waals surface area contributed by atoms with Gasteiger partial charge >= 0.3 is 5.97 Å². The second-order valence-corrected chi connectivity index (χ2v) is 9.04. The van der Waals surface area contributed by atoms with Gasteiger partial charge in [0.2, 0.25) is 5.91 Å². The summed E-state index contributed by atoms with van der Waals surface area (Å²) in [4.78, 5) is 40.2. The first-order valence-corrected chi connectivity index (χ1v) is 11.9. The van der Waals surface area contributed by atoms with Crippen molar-refractivity contribution in [2.75, 3.05) is 18.7 Å². The Balaban J connectivity index is 1.61. The molecule has 1 unspecified atom stereocenters. The number of rotatable bonds is 7. The normalized spacial score (nSPS) is 21.7. The highest BCUT2D eigenvalue weighted by atomic mass is 35.5. The molecule has 2 aromatic carbocycles. The highest BCUT2D eigenvalue weighted by Crippen LogP contribution is 2.51. The van der Waals surface area contributed by atoms with E-state index in [1.54, 1.807) is 43.5 Å². The van der Waals surface area contributed by atoms with Gasteiger partial charge < -0.3 is 14.8 Å². The van der Waals surface area contributed by atoms with E-state index in [1.807, 2.05) is 18.2 Å². The Bertz CT molecular complexity index is 1110. The summed E-state index contributed by atoms with van der Waals surface area (Å²) in [6, 6.07) is 16.2. The van der Waals surface area contributed by atoms with E-state index < -0.39 is 16.9 Å². The minimum absolute atomic E-state index is 0.0389. The number of amides is 2. The largest absolute Gasteiger partial charge is 0.497 e. The van der Waals surface area contributed by atoms with Gasteiger partial charge in [-0.3, -0.25) is 14.5 Å². The Labute approximate surface area is 201 Å². The van der Waals surface area contributed by atoms with Gasteiger partial charge in [0, 0.05) is 18.6 Å². The summed E-state index contributed by atoms with van der Waals surface area (Å²) in [7, 11) is 1.58. The fourth-order valence-electron chi connectivity index (χ4n) is 4.08. The highest BCUT2D eigenvalue weighted by molar-refractivity contribution is 8.00. The summed E-state index contributed by atoms with van der Waals surface area (Å²) in [5.41, 5.74) is 0.974. The molecule has 2 aliphatic rings. The van der Waals surface area contributed by atoms with Crippen molar-refractivity contribution in [2.45, 2.75) is 24.4 Å². The molecule has 7 nitrogen and oxygen atoms in total. The number of hydrogen-bond acceptors (Lipinski definition) is 6. The van der Waals surface area contributed by atoms with Crippen LogP contribution >= 0.6 is 23.4 Å². The Morgan fingerprint density at radius 1 is 1.18 bits per heavy atom. The van der Waals surface area contributed by atoms with Crippen molar-refractivity contribution in [1.82, 2.24) is 10.2 Å². The van der Waals surface area contributed by atoms with Gasteiger partial charge in [-0.15, -0.1) is 23.4 Å². The lowest BCUT2D eigenvalue weighted by Crippen LogP contribution is -2.77. The number of ether oxygens (including phenoxy) is 2. The number of alkyl halides is 1. The molecule has 0 bridgehead atoms. The molecule has 1 fully saturated rings. The maximum absolute atomic E-state index is 13.6. The van der Waals surface area contributed by atoms with Gasteiger partial charge in [-0.1, -0.05) is 42.5 Å². The van der Waals surface area contributed by atoms with Crippen LogP contribution in [-0.2, 0) is 31.3 Å². The SMILES string of the molecule is COc1ccc(COC(=O)C2=C(CCl)CS[C@@H]3N2C(=O)C3(NC(C)=O)c2ccccc2)cc1. The molecule has 0 spiro atoms. The number of carbonyl (C=O) groups excluding carboxylic acids is 3. The number of fused-ring (bicyclic) bond motifs is 1. The molecule has 0 aliphatic carbocycles. The summed E-state index contributed by atoms with van der Waals surface area (Å²) in [5, 5.41) is 2.35.